The van der Waals surface area contributed by atoms with Gasteiger partial charge in [0.25, 0.3) is 11.8 Å². The van der Waals surface area contributed by atoms with E-state index in [4.69, 9.17) is 4.74 Å². The second kappa shape index (κ2) is 7.76. The van der Waals surface area contributed by atoms with Crippen molar-refractivity contribution < 1.29 is 23.9 Å². The van der Waals surface area contributed by atoms with Gasteiger partial charge in [0.05, 0.1) is 11.1 Å². The van der Waals surface area contributed by atoms with E-state index >= 15 is 0 Å². The molecule has 1 aliphatic rings. The Kier molecular flexibility index (Phi) is 5.40. The topological polar surface area (TPSA) is 80.8 Å². The number of ketones is 1. The molecule has 0 N–H and O–H groups in total. The maximum Gasteiger partial charge on any atom is 0.330 e. The zero-order valence-electron chi connectivity index (χ0n) is 16.0. The molecule has 0 fully saturated rings. The molecule has 28 heavy (non-hydrogen) atoms. The number of carbonyl (C=O) groups is 4. The van der Waals surface area contributed by atoms with Crippen LogP contribution in [0.25, 0.3) is 0 Å². The molecule has 0 radical (unpaired) electrons. The zero-order valence-corrected chi connectivity index (χ0v) is 16.0. The molecule has 2 aromatic carbocycles. The molecule has 3 rings (SSSR count). The molecule has 144 valence electrons. The Morgan fingerprint density at radius 1 is 0.929 bits per heavy atom. The highest BCUT2D eigenvalue weighted by Gasteiger charge is 2.44. The number of fused-ring (bicyclic) bond motifs is 1. The molecule has 0 aromatic heterocycles. The van der Waals surface area contributed by atoms with Crippen LogP contribution in [0, 0.1) is 12.8 Å². The van der Waals surface area contributed by atoms with Gasteiger partial charge in [-0.1, -0.05) is 55.8 Å². The van der Waals surface area contributed by atoms with E-state index in [1.807, 2.05) is 6.92 Å². The normalized spacial score (nSPS) is 14.2. The Balaban J connectivity index is 1.75. The number of esters is 1. The van der Waals surface area contributed by atoms with Crippen molar-refractivity contribution >= 4 is 23.6 Å². The third kappa shape index (κ3) is 3.58. The highest BCUT2D eigenvalue weighted by atomic mass is 16.5. The third-order valence-corrected chi connectivity index (χ3v) is 4.70. The Hall–Kier alpha value is -3.28. The van der Waals surface area contributed by atoms with Crippen molar-refractivity contribution in [1.29, 1.82) is 0 Å². The Morgan fingerprint density at radius 3 is 1.96 bits per heavy atom. The van der Waals surface area contributed by atoms with Gasteiger partial charge in [0.1, 0.15) is 6.04 Å². The van der Waals surface area contributed by atoms with E-state index in [0.717, 1.165) is 10.5 Å². The summed E-state index contributed by atoms with van der Waals surface area (Å²) in [7, 11) is 0. The molecule has 1 aliphatic heterocycles. The summed E-state index contributed by atoms with van der Waals surface area (Å²) in [6.07, 6.45) is 0. The van der Waals surface area contributed by atoms with Crippen molar-refractivity contribution in [2.75, 3.05) is 6.61 Å². The predicted octanol–water partition coefficient (Wildman–Crippen LogP) is 3.04. The first kappa shape index (κ1) is 19.5. The van der Waals surface area contributed by atoms with Crippen molar-refractivity contribution in [3.8, 4) is 0 Å². The minimum Gasteiger partial charge on any atom is -0.456 e. The molecule has 0 saturated carbocycles. The van der Waals surface area contributed by atoms with Gasteiger partial charge in [-0.05, 0) is 25.0 Å². The molecular weight excluding hydrogens is 358 g/mol. The van der Waals surface area contributed by atoms with E-state index in [1.165, 1.54) is 0 Å². The van der Waals surface area contributed by atoms with Crippen molar-refractivity contribution in [3.63, 3.8) is 0 Å². The molecule has 0 bridgehead atoms. The van der Waals surface area contributed by atoms with E-state index in [9.17, 15) is 19.2 Å². The Bertz CT molecular complexity index is 911. The summed E-state index contributed by atoms with van der Waals surface area (Å²) < 4.78 is 5.19. The van der Waals surface area contributed by atoms with Gasteiger partial charge in [-0.3, -0.25) is 19.3 Å². The van der Waals surface area contributed by atoms with Crippen LogP contribution in [-0.4, -0.2) is 41.1 Å². The first-order valence-electron chi connectivity index (χ1n) is 9.04. The summed E-state index contributed by atoms with van der Waals surface area (Å²) in [6, 6.07) is 12.3. The number of nitrogens with zero attached hydrogens (tertiary/aromatic N) is 1. The van der Waals surface area contributed by atoms with Crippen LogP contribution in [0.1, 0.15) is 50.5 Å². The second-order valence-corrected chi connectivity index (χ2v) is 7.11. The Labute approximate surface area is 163 Å². The summed E-state index contributed by atoms with van der Waals surface area (Å²) in [6.45, 7) is 4.90. The number of hydrogen-bond acceptors (Lipinski definition) is 5. The van der Waals surface area contributed by atoms with Crippen molar-refractivity contribution in [1.82, 2.24) is 4.90 Å². The lowest BCUT2D eigenvalue weighted by molar-refractivity contribution is -0.148. The molecule has 0 aliphatic carbocycles. The van der Waals surface area contributed by atoms with Gasteiger partial charge in [-0.2, -0.15) is 0 Å². The number of imide groups is 1. The average Bonchev–Trinajstić information content (AvgIpc) is 2.92. The molecule has 6 nitrogen and oxygen atoms in total. The largest absolute Gasteiger partial charge is 0.456 e. The Morgan fingerprint density at radius 2 is 1.46 bits per heavy atom. The third-order valence-electron chi connectivity index (χ3n) is 4.70. The first-order chi connectivity index (χ1) is 13.3. The molecular formula is C22H21NO5. The molecule has 0 spiro atoms. The SMILES string of the molecule is Cc1ccc(C(=O)COC(=O)[C@H](C(C)C)N2C(=O)c3ccccc3C2=O)cc1. The molecule has 2 amide bonds. The van der Waals surface area contributed by atoms with Crippen LogP contribution >= 0.6 is 0 Å². The summed E-state index contributed by atoms with van der Waals surface area (Å²) in [5.74, 6) is -2.55. The van der Waals surface area contributed by atoms with Gasteiger partial charge >= 0.3 is 5.97 Å². The summed E-state index contributed by atoms with van der Waals surface area (Å²) >= 11 is 0. The fraction of sp³-hybridized carbons (Fsp3) is 0.273. The zero-order chi connectivity index (χ0) is 20.4. The molecule has 1 atom stereocenters. The number of carbonyl (C=O) groups excluding carboxylic acids is 4. The fourth-order valence-corrected chi connectivity index (χ4v) is 3.18. The number of hydrogen-bond donors (Lipinski definition) is 0. The monoisotopic (exact) mass is 379 g/mol. The summed E-state index contributed by atoms with van der Waals surface area (Å²) in [5.41, 5.74) is 1.97. The maximum atomic E-state index is 12.7. The lowest BCUT2D eigenvalue weighted by atomic mass is 10.0. The number of ether oxygens (including phenoxy) is 1. The van der Waals surface area contributed by atoms with E-state index in [0.29, 0.717) is 5.56 Å². The van der Waals surface area contributed by atoms with Crippen LogP contribution in [0.3, 0.4) is 0 Å². The highest BCUT2D eigenvalue weighted by Crippen LogP contribution is 2.27. The van der Waals surface area contributed by atoms with Crippen molar-refractivity contribution in [2.45, 2.75) is 26.8 Å². The summed E-state index contributed by atoms with van der Waals surface area (Å²) in [4.78, 5) is 51.2. The van der Waals surface area contributed by atoms with E-state index in [1.54, 1.807) is 62.4 Å². The molecule has 1 heterocycles. The van der Waals surface area contributed by atoms with Gasteiger partial charge < -0.3 is 4.74 Å². The minimum absolute atomic E-state index is 0.265. The smallest absolute Gasteiger partial charge is 0.330 e. The quantitative estimate of drug-likeness (QED) is 0.438. The fourth-order valence-electron chi connectivity index (χ4n) is 3.18. The van der Waals surface area contributed by atoms with Gasteiger partial charge in [-0.15, -0.1) is 0 Å². The van der Waals surface area contributed by atoms with Crippen molar-refractivity contribution in [3.05, 3.63) is 70.8 Å². The van der Waals surface area contributed by atoms with Crippen molar-refractivity contribution in [2.24, 2.45) is 5.92 Å². The van der Waals surface area contributed by atoms with Gasteiger partial charge in [0, 0.05) is 5.56 Å². The predicted molar refractivity (Wildman–Crippen MR) is 102 cm³/mol. The van der Waals surface area contributed by atoms with Crippen LogP contribution in [0.4, 0.5) is 0 Å². The number of benzene rings is 2. The van der Waals surface area contributed by atoms with Crippen LogP contribution < -0.4 is 0 Å². The number of rotatable bonds is 6. The molecule has 0 saturated heterocycles. The number of aryl methyl sites for hydroxylation is 1. The van der Waals surface area contributed by atoms with Gasteiger partial charge in [-0.25, -0.2) is 4.79 Å². The minimum atomic E-state index is -1.10. The van der Waals surface area contributed by atoms with Crippen LogP contribution in [0.2, 0.25) is 0 Å². The lowest BCUT2D eigenvalue weighted by Crippen LogP contribution is -2.49. The van der Waals surface area contributed by atoms with Gasteiger partial charge in [0.2, 0.25) is 0 Å². The standard InChI is InChI=1S/C22H21NO5/c1-13(2)19(23-20(25)16-6-4-5-7-17(16)21(23)26)22(27)28-12-18(24)15-10-8-14(3)9-11-15/h4-11,13,19H,12H2,1-3H3/t19-/m0/s1. The molecule has 2 aromatic rings. The summed E-state index contributed by atoms with van der Waals surface area (Å²) in [5, 5.41) is 0. The highest BCUT2D eigenvalue weighted by molar-refractivity contribution is 6.22. The van der Waals surface area contributed by atoms with E-state index in [-0.39, 0.29) is 22.8 Å². The van der Waals surface area contributed by atoms with E-state index in [2.05, 4.69) is 0 Å². The van der Waals surface area contributed by atoms with Crippen LogP contribution in [-0.2, 0) is 9.53 Å². The maximum absolute atomic E-state index is 12.7. The average molecular weight is 379 g/mol. The van der Waals surface area contributed by atoms with E-state index < -0.39 is 30.4 Å². The lowest BCUT2D eigenvalue weighted by Gasteiger charge is -2.27. The first-order valence-corrected chi connectivity index (χ1v) is 9.04. The molecule has 0 unspecified atom stereocenters. The number of Topliss-reactive ketones (excluding diaryl/α,β-unsaturated/α-hetero) is 1. The van der Waals surface area contributed by atoms with Gasteiger partial charge in [0.15, 0.2) is 12.4 Å². The molecule has 6 heteroatoms. The number of amides is 2. The second-order valence-electron chi connectivity index (χ2n) is 7.11. The van der Waals surface area contributed by atoms with Crippen LogP contribution in [0.5, 0.6) is 0 Å². The van der Waals surface area contributed by atoms with Crippen LogP contribution in [0.15, 0.2) is 48.5 Å².